The van der Waals surface area contributed by atoms with Crippen LogP contribution in [0.5, 0.6) is 0 Å². The highest BCUT2D eigenvalue weighted by molar-refractivity contribution is 5.24. The minimum absolute atomic E-state index is 0.197. The van der Waals surface area contributed by atoms with Gasteiger partial charge in [0.15, 0.2) is 11.5 Å². The summed E-state index contributed by atoms with van der Waals surface area (Å²) in [6, 6.07) is 1.01. The standard InChI is InChI=1S/C11H16F3N3/c1-2-11(14,10(13)9(12)7-15)8-17-5-3-16-4-6-17/h16H,2-6,8H2,1H3/b10-9+. The van der Waals surface area contributed by atoms with Gasteiger partial charge < -0.3 is 5.32 Å². The zero-order chi connectivity index (χ0) is 12.9. The first kappa shape index (κ1) is 14.0. The maximum absolute atomic E-state index is 14.3. The van der Waals surface area contributed by atoms with Crippen LogP contribution in [-0.2, 0) is 0 Å². The number of nitriles is 1. The van der Waals surface area contributed by atoms with E-state index in [4.69, 9.17) is 5.26 Å². The molecule has 0 radical (unpaired) electrons. The van der Waals surface area contributed by atoms with Crippen LogP contribution >= 0.6 is 0 Å². The Balaban J connectivity index is 2.78. The Hall–Kier alpha value is -1.06. The second-order valence-electron chi connectivity index (χ2n) is 4.08. The predicted octanol–water partition coefficient (Wildman–Crippen LogP) is 1.68. The van der Waals surface area contributed by atoms with Crippen LogP contribution in [-0.4, -0.2) is 43.3 Å². The lowest BCUT2D eigenvalue weighted by Gasteiger charge is -2.33. The molecule has 1 aliphatic rings. The van der Waals surface area contributed by atoms with E-state index in [1.165, 1.54) is 6.92 Å². The van der Waals surface area contributed by atoms with Gasteiger partial charge in [0.1, 0.15) is 6.07 Å². The molecular formula is C11H16F3N3. The summed E-state index contributed by atoms with van der Waals surface area (Å²) in [7, 11) is 0. The molecule has 6 heteroatoms. The van der Waals surface area contributed by atoms with Gasteiger partial charge in [-0.1, -0.05) is 6.92 Å². The van der Waals surface area contributed by atoms with Gasteiger partial charge in [0.25, 0.3) is 0 Å². The van der Waals surface area contributed by atoms with E-state index < -0.39 is 17.3 Å². The Labute approximate surface area is 98.9 Å². The lowest BCUT2D eigenvalue weighted by Crippen LogP contribution is -2.49. The maximum Gasteiger partial charge on any atom is 0.234 e. The van der Waals surface area contributed by atoms with Gasteiger partial charge in [-0.05, 0) is 6.42 Å². The molecular weight excluding hydrogens is 231 g/mol. The van der Waals surface area contributed by atoms with Crippen molar-refractivity contribution in [2.45, 2.75) is 19.0 Å². The van der Waals surface area contributed by atoms with Crippen molar-refractivity contribution in [2.75, 3.05) is 32.7 Å². The van der Waals surface area contributed by atoms with Crippen molar-refractivity contribution in [1.29, 1.82) is 5.26 Å². The van der Waals surface area contributed by atoms with Gasteiger partial charge in [-0.3, -0.25) is 4.90 Å². The third kappa shape index (κ3) is 3.45. The quantitative estimate of drug-likeness (QED) is 0.768. The van der Waals surface area contributed by atoms with Gasteiger partial charge in [0.2, 0.25) is 5.83 Å². The fourth-order valence-corrected chi connectivity index (χ4v) is 1.81. The van der Waals surface area contributed by atoms with Crippen molar-refractivity contribution >= 4 is 0 Å². The van der Waals surface area contributed by atoms with Crippen molar-refractivity contribution in [3.63, 3.8) is 0 Å². The van der Waals surface area contributed by atoms with Crippen LogP contribution in [0.2, 0.25) is 0 Å². The summed E-state index contributed by atoms with van der Waals surface area (Å²) < 4.78 is 40.6. The molecule has 1 heterocycles. The Kier molecular flexibility index (Phi) is 4.97. The molecule has 0 aromatic rings. The van der Waals surface area contributed by atoms with Crippen LogP contribution < -0.4 is 5.32 Å². The minimum Gasteiger partial charge on any atom is -0.314 e. The van der Waals surface area contributed by atoms with Crippen molar-refractivity contribution in [3.05, 3.63) is 11.7 Å². The molecule has 1 unspecified atom stereocenters. The van der Waals surface area contributed by atoms with Crippen LogP contribution in [0.4, 0.5) is 13.2 Å². The fourth-order valence-electron chi connectivity index (χ4n) is 1.81. The Morgan fingerprint density at radius 1 is 1.41 bits per heavy atom. The highest BCUT2D eigenvalue weighted by Gasteiger charge is 2.38. The number of rotatable bonds is 4. The highest BCUT2D eigenvalue weighted by Crippen LogP contribution is 2.31. The summed E-state index contributed by atoms with van der Waals surface area (Å²) >= 11 is 0. The summed E-state index contributed by atoms with van der Waals surface area (Å²) in [6.07, 6.45) is -0.197. The van der Waals surface area contributed by atoms with E-state index >= 15 is 0 Å². The third-order valence-corrected chi connectivity index (χ3v) is 2.93. The molecule has 1 fully saturated rings. The predicted molar refractivity (Wildman–Crippen MR) is 58.3 cm³/mol. The molecule has 1 aliphatic heterocycles. The first-order valence-corrected chi connectivity index (χ1v) is 5.61. The second kappa shape index (κ2) is 6.03. The number of alkyl halides is 1. The molecule has 17 heavy (non-hydrogen) atoms. The van der Waals surface area contributed by atoms with Crippen LogP contribution in [0, 0.1) is 11.3 Å². The zero-order valence-corrected chi connectivity index (χ0v) is 9.77. The average molecular weight is 247 g/mol. The number of nitrogens with one attached hydrogen (secondary N) is 1. The summed E-state index contributed by atoms with van der Waals surface area (Å²) in [5.41, 5.74) is -2.41. The largest absolute Gasteiger partial charge is 0.314 e. The maximum atomic E-state index is 14.3. The monoisotopic (exact) mass is 247 g/mol. The minimum atomic E-state index is -2.41. The van der Waals surface area contributed by atoms with E-state index in [0.29, 0.717) is 26.2 Å². The molecule has 0 spiro atoms. The molecule has 0 amide bonds. The van der Waals surface area contributed by atoms with Gasteiger partial charge in [-0.2, -0.15) is 9.65 Å². The number of hydrogen-bond donors (Lipinski definition) is 1. The molecule has 1 atom stereocenters. The van der Waals surface area contributed by atoms with Crippen molar-refractivity contribution in [1.82, 2.24) is 10.2 Å². The van der Waals surface area contributed by atoms with Gasteiger partial charge in [-0.25, -0.2) is 8.78 Å². The summed E-state index contributed by atoms with van der Waals surface area (Å²) in [4.78, 5) is 1.73. The van der Waals surface area contributed by atoms with Crippen LogP contribution in [0.15, 0.2) is 11.7 Å². The molecule has 3 nitrogen and oxygen atoms in total. The van der Waals surface area contributed by atoms with Crippen molar-refractivity contribution in [2.24, 2.45) is 0 Å². The van der Waals surface area contributed by atoms with Crippen LogP contribution in [0.25, 0.3) is 0 Å². The Bertz CT molecular complexity index is 331. The van der Waals surface area contributed by atoms with Gasteiger partial charge >= 0.3 is 0 Å². The van der Waals surface area contributed by atoms with E-state index in [0.717, 1.165) is 6.07 Å². The van der Waals surface area contributed by atoms with Crippen LogP contribution in [0.3, 0.4) is 0 Å². The van der Waals surface area contributed by atoms with Gasteiger partial charge in [0, 0.05) is 32.7 Å². The molecule has 0 saturated carbocycles. The Morgan fingerprint density at radius 2 is 2.00 bits per heavy atom. The summed E-state index contributed by atoms with van der Waals surface area (Å²) in [5, 5.41) is 11.3. The molecule has 0 bridgehead atoms. The van der Waals surface area contributed by atoms with Crippen LogP contribution in [0.1, 0.15) is 13.3 Å². The molecule has 1 rings (SSSR count). The fraction of sp³-hybridized carbons (Fsp3) is 0.727. The Morgan fingerprint density at radius 3 is 2.47 bits per heavy atom. The number of halogens is 3. The number of nitrogens with zero attached hydrogens (tertiary/aromatic N) is 2. The summed E-state index contributed by atoms with van der Waals surface area (Å²) in [6.45, 7) is 3.80. The van der Waals surface area contributed by atoms with Gasteiger partial charge in [-0.15, -0.1) is 0 Å². The van der Waals surface area contributed by atoms with E-state index in [1.807, 2.05) is 0 Å². The molecule has 96 valence electrons. The topological polar surface area (TPSA) is 39.1 Å². The van der Waals surface area contributed by atoms with E-state index in [2.05, 4.69) is 5.32 Å². The first-order chi connectivity index (χ1) is 8.03. The number of allylic oxidation sites excluding steroid dienone is 1. The highest BCUT2D eigenvalue weighted by atomic mass is 19.2. The lowest BCUT2D eigenvalue weighted by atomic mass is 9.99. The van der Waals surface area contributed by atoms with Crippen molar-refractivity contribution in [3.8, 4) is 6.07 Å². The second-order valence-corrected chi connectivity index (χ2v) is 4.08. The molecule has 0 aromatic heterocycles. The van der Waals surface area contributed by atoms with E-state index in [-0.39, 0.29) is 13.0 Å². The normalized spacial score (nSPS) is 22.5. The number of hydrogen-bond acceptors (Lipinski definition) is 3. The number of piperazine rings is 1. The average Bonchev–Trinajstić information content (AvgIpc) is 2.37. The third-order valence-electron chi connectivity index (χ3n) is 2.93. The first-order valence-electron chi connectivity index (χ1n) is 5.61. The zero-order valence-electron chi connectivity index (χ0n) is 9.77. The molecule has 0 aromatic carbocycles. The molecule has 0 aliphatic carbocycles. The lowest BCUT2D eigenvalue weighted by molar-refractivity contribution is 0.0882. The molecule has 1 saturated heterocycles. The molecule has 1 N–H and O–H groups in total. The van der Waals surface area contributed by atoms with Gasteiger partial charge in [0.05, 0.1) is 0 Å². The van der Waals surface area contributed by atoms with E-state index in [9.17, 15) is 13.2 Å². The smallest absolute Gasteiger partial charge is 0.234 e. The van der Waals surface area contributed by atoms with E-state index in [1.54, 1.807) is 4.90 Å². The van der Waals surface area contributed by atoms with Crippen molar-refractivity contribution < 1.29 is 13.2 Å². The SMILES string of the molecule is CCC(F)(CN1CCNCC1)/C(F)=C(\F)C#N. The summed E-state index contributed by atoms with van der Waals surface area (Å²) in [5.74, 6) is -3.24.